The Bertz CT molecular complexity index is 3030. The summed E-state index contributed by atoms with van der Waals surface area (Å²) in [4.78, 5) is 76.3. The number of allylic oxidation sites excluding steroid dienone is 2. The molecule has 1 unspecified atom stereocenters. The third kappa shape index (κ3) is 22.7. The molecule has 0 radical (unpaired) electrons. The number of nitrogens with one attached hydrogen (secondary N) is 3. The maximum atomic E-state index is 16.1. The first-order valence-electron chi connectivity index (χ1n) is 30.4. The van der Waals surface area contributed by atoms with Gasteiger partial charge in [-0.1, -0.05) is 0 Å². The minimum Gasteiger partial charge on any atom is -0.477 e. The number of nitrogens with zero attached hydrogens (tertiary/aromatic N) is 4. The van der Waals surface area contributed by atoms with Gasteiger partial charge in [-0.2, -0.15) is 4.98 Å². The standard InChI is InChI=1S/C55H85BF3N8O27P/c1-34-29-35(2)66-38(34)30-37-4-3-36(67(37)56(66,58)59)5-6-42(70)61-9-13-83-16-19-86-22-24-88-26-25-87-23-21-85-18-15-82-12-8-43(71)62-10-14-84-17-20-89-27-28-90-33-44(72)64-45-48(75)51(57)55(53(77)78,93-50(45)46(73)39(69)31-68)94-95(80,81)91-32-40-47(74)49(76)52(92-40)65-11-7-41(60)63-54(65)79/h3-4,7,11,29-30,39-40,45-52,68-69,73-76H,5-6,8-10,12-28,31-33H2,1-2H3,(H,61,70)(H,62,71)(H,64,72)(H,77,78)(H,80,81)(H2,60,63,79)/t39-,40-,45-,46-,47-,48-,49-,50-,51-,52-,55-/m1/s1. The van der Waals surface area contributed by atoms with E-state index >= 15 is 13.0 Å². The first-order valence-corrected chi connectivity index (χ1v) is 31.9. The molecule has 95 heavy (non-hydrogen) atoms. The minimum absolute atomic E-state index is 0.0567. The Morgan fingerprint density at radius 1 is 0.789 bits per heavy atom. The second-order valence-electron chi connectivity index (χ2n) is 21.7. The summed E-state index contributed by atoms with van der Waals surface area (Å²) < 4.78 is 132. The fourth-order valence-electron chi connectivity index (χ4n) is 10.1. The molecule has 536 valence electrons. The molecule has 12 atom stereocenters. The SMILES string of the molecule is Cc1cc(C)n2c1C=C1C=CC(CCC(=O)NCCOCCOCCOCCOCCOCCOCCC(=O)NCCOCCOCCOCC(=O)N[C@@H]3[C@@H](O)[C@@H](F)[C@@](OP(=O)(O)OC[C@H]4O[C@@H](n5ccc(N)nc5=O)[C@H](O)[C@@H]4O)(C(=O)O)O[C@H]3[C@H](O)[C@H](O)CO)=[N+]1[B-]2(F)F. The van der Waals surface area contributed by atoms with Crippen molar-refractivity contribution in [2.75, 3.05) is 151 Å². The highest BCUT2D eigenvalue weighted by Crippen LogP contribution is 2.52. The zero-order valence-electron chi connectivity index (χ0n) is 52.3. The zero-order chi connectivity index (χ0) is 69.3. The van der Waals surface area contributed by atoms with E-state index in [0.29, 0.717) is 82.3 Å². The number of hydrogen-bond acceptors (Lipinski definition) is 27. The number of aliphatic hydroxyl groups is 6. The van der Waals surface area contributed by atoms with Gasteiger partial charge in [0.05, 0.1) is 132 Å². The fourth-order valence-corrected chi connectivity index (χ4v) is 11.1. The molecule has 40 heteroatoms. The van der Waals surface area contributed by atoms with Crippen LogP contribution in [0.1, 0.15) is 42.4 Å². The second kappa shape index (κ2) is 38.4. The predicted octanol–water partition coefficient (Wildman–Crippen LogP) is -4.07. The van der Waals surface area contributed by atoms with Crippen LogP contribution in [-0.2, 0) is 84.9 Å². The first-order chi connectivity index (χ1) is 45.3. The number of nitrogens with two attached hydrogens (primary N) is 1. The zero-order valence-corrected chi connectivity index (χ0v) is 53.2. The summed E-state index contributed by atoms with van der Waals surface area (Å²) >= 11 is 0. The third-order valence-corrected chi connectivity index (χ3v) is 15.8. The lowest BCUT2D eigenvalue weighted by molar-refractivity contribution is -0.362. The molecule has 0 saturated carbocycles. The second-order valence-corrected chi connectivity index (χ2v) is 23.1. The number of halogens is 3. The van der Waals surface area contributed by atoms with E-state index in [4.69, 9.17) is 62.4 Å². The Kier molecular flexibility index (Phi) is 31.7. The number of phosphoric acid groups is 1. The number of fused-ring (bicyclic) bond motifs is 2. The number of carbonyl (C=O) groups excluding carboxylic acids is 3. The number of carboxylic acid groups (broad SMARTS) is 1. The molecule has 35 nitrogen and oxygen atoms in total. The summed E-state index contributed by atoms with van der Waals surface area (Å²) in [6.45, 7) is 0.348. The molecule has 4 aliphatic heterocycles. The quantitative estimate of drug-likeness (QED) is 0.0170. The van der Waals surface area contributed by atoms with Gasteiger partial charge in [-0.25, -0.2) is 23.1 Å². The summed E-state index contributed by atoms with van der Waals surface area (Å²) in [5.41, 5.74) is 7.02. The molecule has 0 spiro atoms. The number of amides is 3. The van der Waals surface area contributed by atoms with Gasteiger partial charge in [0.1, 0.15) is 60.9 Å². The van der Waals surface area contributed by atoms with Crippen LogP contribution in [0.5, 0.6) is 0 Å². The number of rotatable bonds is 46. The average Bonchev–Trinajstić information content (AvgIpc) is 1.68. The fraction of sp³-hybridized carbons (Fsp3) is 0.691. The highest BCUT2D eigenvalue weighted by molar-refractivity contribution is 7.47. The summed E-state index contributed by atoms with van der Waals surface area (Å²) in [5, 5.41) is 80.1. The van der Waals surface area contributed by atoms with Gasteiger partial charge < -0.3 is 132 Å². The summed E-state index contributed by atoms with van der Waals surface area (Å²) in [5.74, 6) is -8.42. The van der Waals surface area contributed by atoms with Crippen LogP contribution in [0.15, 0.2) is 41.0 Å². The molecule has 2 aromatic rings. The van der Waals surface area contributed by atoms with E-state index in [0.717, 1.165) is 31.4 Å². The Balaban J connectivity index is 0.702. The molecule has 0 aromatic carbocycles. The van der Waals surface area contributed by atoms with Gasteiger partial charge in [-0.15, -0.1) is 0 Å². The molecule has 0 bridgehead atoms. The Labute approximate surface area is 542 Å². The maximum absolute atomic E-state index is 16.1. The van der Waals surface area contributed by atoms with Gasteiger partial charge in [0.2, 0.25) is 17.7 Å². The van der Waals surface area contributed by atoms with Crippen molar-refractivity contribution < 1.29 is 143 Å². The van der Waals surface area contributed by atoms with Crippen molar-refractivity contribution in [2.24, 2.45) is 0 Å². The van der Waals surface area contributed by atoms with E-state index < -0.39 is 119 Å². The van der Waals surface area contributed by atoms with Gasteiger partial charge in [0.25, 0.3) is 0 Å². The van der Waals surface area contributed by atoms with Crippen molar-refractivity contribution in [3.63, 3.8) is 0 Å². The number of hydrogen-bond donors (Lipinski definition) is 12. The summed E-state index contributed by atoms with van der Waals surface area (Å²) in [6.07, 6.45) is -14.0. The molecule has 3 amide bonds. The Morgan fingerprint density at radius 3 is 1.87 bits per heavy atom. The average molecular weight is 1390 g/mol. The number of nitrogen functional groups attached to an aromatic ring is 1. The number of phosphoric ester groups is 1. The Hall–Kier alpha value is -5.73. The molecule has 2 aromatic heterocycles. The van der Waals surface area contributed by atoms with E-state index in [1.54, 1.807) is 31.2 Å². The summed E-state index contributed by atoms with van der Waals surface area (Å²) in [6, 6.07) is 0.741. The number of aliphatic hydroxyl groups excluding tert-OH is 6. The first kappa shape index (κ1) is 78.3. The lowest BCUT2D eigenvalue weighted by atomic mass is 9.87. The highest BCUT2D eigenvalue weighted by atomic mass is 31.2. The van der Waals surface area contributed by atoms with Gasteiger partial charge in [-0.05, 0) is 37.2 Å². The number of alkyl halides is 1. The number of carbonyl (C=O) groups is 4. The molecule has 2 fully saturated rings. The monoisotopic (exact) mass is 1390 g/mol. The van der Waals surface area contributed by atoms with Gasteiger partial charge in [0.15, 0.2) is 18.1 Å². The van der Waals surface area contributed by atoms with Crippen LogP contribution >= 0.6 is 7.82 Å². The van der Waals surface area contributed by atoms with Crippen LogP contribution < -0.4 is 27.4 Å². The van der Waals surface area contributed by atoms with Crippen LogP contribution in [0.25, 0.3) is 6.08 Å². The number of aromatic nitrogens is 3. The van der Waals surface area contributed by atoms with E-state index in [9.17, 15) is 69.2 Å². The number of ether oxygens (including phenoxy) is 11. The topological polar surface area (TPSA) is 472 Å². The molecular formula is C55H85BF3N8O27P. The molecule has 2 saturated heterocycles. The summed E-state index contributed by atoms with van der Waals surface area (Å²) in [7, 11) is -5.93. The van der Waals surface area contributed by atoms with E-state index in [-0.39, 0.29) is 103 Å². The van der Waals surface area contributed by atoms with Crippen LogP contribution in [0, 0.1) is 13.8 Å². The number of aliphatic carboxylic acids is 1. The number of anilines is 1. The molecule has 6 rings (SSSR count). The Morgan fingerprint density at radius 2 is 1.33 bits per heavy atom. The molecule has 0 aliphatic carbocycles. The largest absolute Gasteiger partial charge is 0.737 e. The normalized spacial score (nSPS) is 24.2. The van der Waals surface area contributed by atoms with Crippen molar-refractivity contribution in [2.45, 2.75) is 100 Å². The van der Waals surface area contributed by atoms with Crippen LogP contribution in [-0.4, -0.2) is 301 Å². The maximum Gasteiger partial charge on any atom is 0.737 e. The van der Waals surface area contributed by atoms with Crippen LogP contribution in [0.4, 0.5) is 18.8 Å². The predicted molar refractivity (Wildman–Crippen MR) is 320 cm³/mol. The van der Waals surface area contributed by atoms with E-state index in [2.05, 4.69) is 25.5 Å². The third-order valence-electron chi connectivity index (χ3n) is 14.8. The molecule has 4 aliphatic rings. The molecular weight excluding hydrogens is 1300 g/mol. The molecule has 6 heterocycles. The van der Waals surface area contributed by atoms with Crippen molar-refractivity contribution in [1.29, 1.82) is 0 Å². The van der Waals surface area contributed by atoms with Gasteiger partial charge in [0, 0.05) is 62.5 Å². The van der Waals surface area contributed by atoms with Crippen molar-refractivity contribution in [3.05, 3.63) is 63.6 Å². The lowest BCUT2D eigenvalue weighted by Gasteiger charge is -2.48. The highest BCUT2D eigenvalue weighted by Gasteiger charge is 2.66. The minimum atomic E-state index is -5.93. The number of aryl methyl sites for hydroxylation is 2. The van der Waals surface area contributed by atoms with Crippen molar-refractivity contribution >= 4 is 56.1 Å². The van der Waals surface area contributed by atoms with E-state index in [1.807, 2.05) is 6.92 Å². The number of carboxylic acids is 1. The molecule has 13 N–H and O–H groups in total. The van der Waals surface area contributed by atoms with Crippen LogP contribution in [0.3, 0.4) is 0 Å². The van der Waals surface area contributed by atoms with Gasteiger partial charge in [-0.3, -0.25) is 23.5 Å². The van der Waals surface area contributed by atoms with E-state index in [1.165, 1.54) is 0 Å². The van der Waals surface area contributed by atoms with Crippen molar-refractivity contribution in [3.8, 4) is 0 Å². The smallest absolute Gasteiger partial charge is 0.477 e. The lowest BCUT2D eigenvalue weighted by Crippen LogP contribution is -2.73. The van der Waals surface area contributed by atoms with Gasteiger partial charge >= 0.3 is 32.2 Å². The van der Waals surface area contributed by atoms with Crippen LogP contribution in [0.2, 0.25) is 0 Å². The van der Waals surface area contributed by atoms with Crippen molar-refractivity contribution in [1.82, 2.24) is 30.0 Å².